The third-order valence-electron chi connectivity index (χ3n) is 2.51. The van der Waals surface area contributed by atoms with Crippen LogP contribution in [0.5, 0.6) is 5.75 Å². The van der Waals surface area contributed by atoms with E-state index in [1.807, 2.05) is 18.2 Å². The maximum atomic E-state index is 11.3. The fourth-order valence-electron chi connectivity index (χ4n) is 1.54. The monoisotopic (exact) mass is 315 g/mol. The molecule has 0 saturated heterocycles. The van der Waals surface area contributed by atoms with Gasteiger partial charge < -0.3 is 15.2 Å². The van der Waals surface area contributed by atoms with E-state index in [1.54, 1.807) is 7.11 Å². The molecule has 1 amide bonds. The summed E-state index contributed by atoms with van der Waals surface area (Å²) in [7, 11) is 1.63. The number of hydrogen-bond acceptors (Lipinski definition) is 3. The molecule has 0 saturated carbocycles. The first kappa shape index (κ1) is 15.0. The van der Waals surface area contributed by atoms with Gasteiger partial charge in [-0.15, -0.1) is 0 Å². The molecule has 0 spiro atoms. The highest BCUT2D eigenvalue weighted by atomic mass is 79.9. The molecule has 0 unspecified atom stereocenters. The van der Waals surface area contributed by atoms with Crippen LogP contribution in [0.15, 0.2) is 22.7 Å². The molecule has 4 nitrogen and oxygen atoms in total. The van der Waals surface area contributed by atoms with Crippen LogP contribution in [0.2, 0.25) is 0 Å². The van der Waals surface area contributed by atoms with Crippen LogP contribution in [-0.4, -0.2) is 31.3 Å². The predicted octanol–water partition coefficient (Wildman–Crippen LogP) is 1.89. The first-order valence-corrected chi connectivity index (χ1v) is 6.66. The van der Waals surface area contributed by atoms with E-state index in [2.05, 4.69) is 21.2 Å². The minimum atomic E-state index is -0.0170. The van der Waals surface area contributed by atoms with Gasteiger partial charge in [0.2, 0.25) is 5.91 Å². The summed E-state index contributed by atoms with van der Waals surface area (Å²) in [4.78, 5) is 11.3. The molecule has 2 N–H and O–H groups in total. The number of carbonyl (C=O) groups excluding carboxylic acids is 1. The van der Waals surface area contributed by atoms with Crippen molar-refractivity contribution in [2.24, 2.45) is 0 Å². The summed E-state index contributed by atoms with van der Waals surface area (Å²) in [5.41, 5.74) is 1.13. The smallest absolute Gasteiger partial charge is 0.220 e. The summed E-state index contributed by atoms with van der Waals surface area (Å²) >= 11 is 3.42. The number of nitrogens with one attached hydrogen (secondary N) is 1. The van der Waals surface area contributed by atoms with E-state index in [4.69, 9.17) is 9.84 Å². The van der Waals surface area contributed by atoms with Gasteiger partial charge in [-0.2, -0.15) is 0 Å². The number of halogens is 1. The fourth-order valence-corrected chi connectivity index (χ4v) is 2.13. The summed E-state index contributed by atoms with van der Waals surface area (Å²) in [5, 5.41) is 11.4. The van der Waals surface area contributed by atoms with Crippen molar-refractivity contribution in [3.05, 3.63) is 28.2 Å². The molecule has 0 atom stereocenters. The van der Waals surface area contributed by atoms with Crippen LogP contribution in [0, 0.1) is 0 Å². The highest BCUT2D eigenvalue weighted by Gasteiger charge is 2.03. The summed E-state index contributed by atoms with van der Waals surface area (Å²) in [5.74, 6) is 0.780. The Morgan fingerprint density at radius 3 is 2.89 bits per heavy atom. The molecule has 0 radical (unpaired) electrons. The highest BCUT2D eigenvalue weighted by Crippen LogP contribution is 2.25. The maximum Gasteiger partial charge on any atom is 0.220 e. The van der Waals surface area contributed by atoms with E-state index >= 15 is 0 Å². The third-order valence-corrected chi connectivity index (χ3v) is 3.13. The van der Waals surface area contributed by atoms with E-state index in [0.29, 0.717) is 19.4 Å². The van der Waals surface area contributed by atoms with Gasteiger partial charge in [-0.1, -0.05) is 6.07 Å². The largest absolute Gasteiger partial charge is 0.496 e. The predicted molar refractivity (Wildman–Crippen MR) is 73.7 cm³/mol. The van der Waals surface area contributed by atoms with Crippen LogP contribution < -0.4 is 10.1 Å². The van der Waals surface area contributed by atoms with E-state index in [-0.39, 0.29) is 12.5 Å². The van der Waals surface area contributed by atoms with Crippen LogP contribution in [0.1, 0.15) is 18.4 Å². The Hall–Kier alpha value is -1.07. The topological polar surface area (TPSA) is 58.6 Å². The second kappa shape index (κ2) is 8.11. The third kappa shape index (κ3) is 5.06. The van der Waals surface area contributed by atoms with E-state index in [1.165, 1.54) is 0 Å². The number of hydrogen-bond donors (Lipinski definition) is 2. The molecular weight excluding hydrogens is 298 g/mol. The van der Waals surface area contributed by atoms with Crippen LogP contribution in [0.4, 0.5) is 0 Å². The molecule has 100 valence electrons. The Morgan fingerprint density at radius 1 is 1.50 bits per heavy atom. The second-order valence-corrected chi connectivity index (χ2v) is 4.75. The number of carbonyl (C=O) groups is 1. The normalized spacial score (nSPS) is 10.2. The van der Waals surface area contributed by atoms with Gasteiger partial charge in [-0.05, 0) is 46.5 Å². The van der Waals surface area contributed by atoms with Crippen molar-refractivity contribution < 1.29 is 14.6 Å². The van der Waals surface area contributed by atoms with Crippen molar-refractivity contribution in [2.75, 3.05) is 20.3 Å². The Labute approximate surface area is 115 Å². The molecular formula is C13H18BrNO3. The zero-order chi connectivity index (χ0) is 13.4. The van der Waals surface area contributed by atoms with Gasteiger partial charge in [0.1, 0.15) is 5.75 Å². The Bertz CT molecular complexity index is 396. The van der Waals surface area contributed by atoms with Crippen molar-refractivity contribution in [1.82, 2.24) is 5.32 Å². The number of amides is 1. The number of methoxy groups -OCH3 is 1. The minimum Gasteiger partial charge on any atom is -0.496 e. The first-order chi connectivity index (χ1) is 8.67. The number of benzene rings is 1. The molecule has 1 aromatic carbocycles. The van der Waals surface area contributed by atoms with Gasteiger partial charge in [0.15, 0.2) is 0 Å². The summed E-state index contributed by atoms with van der Waals surface area (Å²) in [6.07, 6.45) is 1.66. The molecule has 0 aliphatic rings. The lowest BCUT2D eigenvalue weighted by molar-refractivity contribution is -0.121. The molecule has 0 aliphatic heterocycles. The SMILES string of the molecule is COc1ccc(CCNC(=O)CCCO)cc1Br. The van der Waals surface area contributed by atoms with Crippen molar-refractivity contribution in [1.29, 1.82) is 0 Å². The van der Waals surface area contributed by atoms with E-state index in [9.17, 15) is 4.79 Å². The molecule has 0 bridgehead atoms. The van der Waals surface area contributed by atoms with Crippen LogP contribution >= 0.6 is 15.9 Å². The molecule has 0 aliphatic carbocycles. The second-order valence-electron chi connectivity index (χ2n) is 3.90. The highest BCUT2D eigenvalue weighted by molar-refractivity contribution is 9.10. The Balaban J connectivity index is 2.35. The lowest BCUT2D eigenvalue weighted by Crippen LogP contribution is -2.25. The van der Waals surface area contributed by atoms with Crippen molar-refractivity contribution in [3.8, 4) is 5.75 Å². The molecule has 5 heteroatoms. The Kier molecular flexibility index (Phi) is 6.75. The van der Waals surface area contributed by atoms with Gasteiger partial charge in [-0.3, -0.25) is 4.79 Å². The molecule has 0 aromatic heterocycles. The fraction of sp³-hybridized carbons (Fsp3) is 0.462. The van der Waals surface area contributed by atoms with Crippen LogP contribution in [0.3, 0.4) is 0 Å². The molecule has 0 fully saturated rings. The number of aliphatic hydroxyl groups excluding tert-OH is 1. The zero-order valence-corrected chi connectivity index (χ0v) is 12.0. The molecule has 1 rings (SSSR count). The van der Waals surface area contributed by atoms with Gasteiger partial charge in [0, 0.05) is 19.6 Å². The molecule has 0 heterocycles. The minimum absolute atomic E-state index is 0.0170. The van der Waals surface area contributed by atoms with E-state index in [0.717, 1.165) is 22.2 Å². The number of aliphatic hydroxyl groups is 1. The number of ether oxygens (including phenoxy) is 1. The maximum absolute atomic E-state index is 11.3. The van der Waals surface area contributed by atoms with Gasteiger partial charge in [-0.25, -0.2) is 0 Å². The van der Waals surface area contributed by atoms with Crippen molar-refractivity contribution >= 4 is 21.8 Å². The van der Waals surface area contributed by atoms with Crippen LogP contribution in [0.25, 0.3) is 0 Å². The lowest BCUT2D eigenvalue weighted by atomic mass is 10.1. The van der Waals surface area contributed by atoms with Crippen molar-refractivity contribution in [3.63, 3.8) is 0 Å². The van der Waals surface area contributed by atoms with Gasteiger partial charge in [0.05, 0.1) is 11.6 Å². The first-order valence-electron chi connectivity index (χ1n) is 5.87. The molecule has 1 aromatic rings. The van der Waals surface area contributed by atoms with Crippen molar-refractivity contribution in [2.45, 2.75) is 19.3 Å². The molecule has 18 heavy (non-hydrogen) atoms. The lowest BCUT2D eigenvalue weighted by Gasteiger charge is -2.07. The Morgan fingerprint density at radius 2 is 2.28 bits per heavy atom. The zero-order valence-electron chi connectivity index (χ0n) is 10.4. The number of rotatable bonds is 7. The van der Waals surface area contributed by atoms with Crippen LogP contribution in [-0.2, 0) is 11.2 Å². The van der Waals surface area contributed by atoms with Gasteiger partial charge >= 0.3 is 0 Å². The average molecular weight is 316 g/mol. The quantitative estimate of drug-likeness (QED) is 0.808. The standard InChI is InChI=1S/C13H18BrNO3/c1-18-12-5-4-10(9-11(12)14)6-7-15-13(17)3-2-8-16/h4-5,9,16H,2-3,6-8H2,1H3,(H,15,17). The summed E-state index contributed by atoms with van der Waals surface area (Å²) in [6, 6.07) is 5.86. The summed E-state index contributed by atoms with van der Waals surface area (Å²) in [6.45, 7) is 0.655. The summed E-state index contributed by atoms with van der Waals surface area (Å²) < 4.78 is 6.06. The van der Waals surface area contributed by atoms with E-state index < -0.39 is 0 Å². The average Bonchev–Trinajstić information content (AvgIpc) is 2.36. The van der Waals surface area contributed by atoms with Gasteiger partial charge in [0.25, 0.3) is 0 Å².